The van der Waals surface area contributed by atoms with Crippen molar-refractivity contribution in [2.24, 2.45) is 10.8 Å². The Labute approximate surface area is 127 Å². The molecular formula is C18H29OS+. The lowest BCUT2D eigenvalue weighted by Crippen LogP contribution is -2.61. The van der Waals surface area contributed by atoms with Gasteiger partial charge in [-0.05, 0) is 35.8 Å². The first-order chi connectivity index (χ1) is 9.20. The van der Waals surface area contributed by atoms with Crippen LogP contribution in [0.15, 0.2) is 35.2 Å². The highest BCUT2D eigenvalue weighted by Gasteiger charge is 2.58. The summed E-state index contributed by atoms with van der Waals surface area (Å²) >= 11 is 0. The fourth-order valence-corrected chi connectivity index (χ4v) is 5.94. The average molecular weight is 293 g/mol. The molecule has 2 rings (SSSR count). The van der Waals surface area contributed by atoms with E-state index in [-0.39, 0.29) is 21.7 Å². The van der Waals surface area contributed by atoms with Gasteiger partial charge in [-0.3, -0.25) is 0 Å². The minimum Gasteiger partial charge on any atom is -0.384 e. The third kappa shape index (κ3) is 2.65. The molecule has 0 radical (unpaired) electrons. The lowest BCUT2D eigenvalue weighted by molar-refractivity contribution is -0.160. The lowest BCUT2D eigenvalue weighted by atomic mass is 9.55. The maximum Gasteiger partial charge on any atom is 0.154 e. The summed E-state index contributed by atoms with van der Waals surface area (Å²) in [6.07, 6.45) is 5.75. The SMILES string of the molecule is C[S+](CC1(O)C(C)(C)CCCC1(C)C)c1ccccc1. The predicted molar refractivity (Wildman–Crippen MR) is 89.2 cm³/mol. The number of rotatable bonds is 3. The third-order valence-corrected chi connectivity index (χ3v) is 7.34. The molecular weight excluding hydrogens is 264 g/mol. The lowest BCUT2D eigenvalue weighted by Gasteiger charge is -2.55. The molecule has 1 aromatic carbocycles. The minimum absolute atomic E-state index is 0.00914. The molecule has 112 valence electrons. The van der Waals surface area contributed by atoms with Crippen molar-refractivity contribution in [3.05, 3.63) is 30.3 Å². The Morgan fingerprint density at radius 1 is 1.00 bits per heavy atom. The van der Waals surface area contributed by atoms with Crippen LogP contribution in [0.4, 0.5) is 0 Å². The molecule has 1 atom stereocenters. The van der Waals surface area contributed by atoms with E-state index in [1.165, 1.54) is 11.3 Å². The van der Waals surface area contributed by atoms with Gasteiger partial charge >= 0.3 is 0 Å². The van der Waals surface area contributed by atoms with Gasteiger partial charge in [0.2, 0.25) is 0 Å². The first kappa shape index (κ1) is 15.9. The van der Waals surface area contributed by atoms with Crippen LogP contribution in [0.25, 0.3) is 0 Å². The Balaban J connectivity index is 2.28. The van der Waals surface area contributed by atoms with Crippen LogP contribution in [0, 0.1) is 10.8 Å². The monoisotopic (exact) mass is 293 g/mol. The van der Waals surface area contributed by atoms with Crippen molar-refractivity contribution in [2.45, 2.75) is 57.5 Å². The second-order valence-electron chi connectivity index (χ2n) is 7.58. The van der Waals surface area contributed by atoms with E-state index in [2.05, 4.69) is 64.3 Å². The van der Waals surface area contributed by atoms with E-state index in [4.69, 9.17) is 0 Å². The van der Waals surface area contributed by atoms with Crippen LogP contribution in [0.5, 0.6) is 0 Å². The van der Waals surface area contributed by atoms with E-state index >= 15 is 0 Å². The molecule has 1 N–H and O–H groups in total. The van der Waals surface area contributed by atoms with Gasteiger partial charge in [0.25, 0.3) is 0 Å². The van der Waals surface area contributed by atoms with Gasteiger partial charge in [-0.2, -0.15) is 0 Å². The summed E-state index contributed by atoms with van der Waals surface area (Å²) in [7, 11) is 0.0865. The van der Waals surface area contributed by atoms with Gasteiger partial charge in [-0.15, -0.1) is 0 Å². The average Bonchev–Trinajstić information content (AvgIpc) is 2.37. The van der Waals surface area contributed by atoms with E-state index in [0.29, 0.717) is 0 Å². The zero-order valence-corrected chi connectivity index (χ0v) is 14.4. The standard InChI is InChI=1S/C18H29OS/c1-16(2)12-9-13-17(3,4)18(16,19)14-20(5)15-10-7-6-8-11-15/h6-8,10-11,19H,9,12-14H2,1-5H3/q+1. The van der Waals surface area contributed by atoms with Gasteiger partial charge in [-0.1, -0.05) is 52.3 Å². The summed E-state index contributed by atoms with van der Waals surface area (Å²) in [5.74, 6) is 0.872. The Kier molecular flexibility index (Phi) is 4.28. The van der Waals surface area contributed by atoms with E-state index < -0.39 is 5.60 Å². The van der Waals surface area contributed by atoms with Gasteiger partial charge in [0, 0.05) is 10.9 Å². The van der Waals surface area contributed by atoms with Crippen LogP contribution in [0.2, 0.25) is 0 Å². The molecule has 1 fully saturated rings. The van der Waals surface area contributed by atoms with Gasteiger partial charge in [0.1, 0.15) is 17.6 Å². The third-order valence-electron chi connectivity index (χ3n) is 5.41. The Hall–Kier alpha value is -0.470. The van der Waals surface area contributed by atoms with E-state index in [9.17, 15) is 5.11 Å². The van der Waals surface area contributed by atoms with E-state index in [1.807, 2.05) is 0 Å². The molecule has 20 heavy (non-hydrogen) atoms. The second kappa shape index (κ2) is 5.38. The maximum atomic E-state index is 11.6. The number of hydrogen-bond acceptors (Lipinski definition) is 1. The van der Waals surface area contributed by atoms with E-state index in [1.54, 1.807) is 0 Å². The maximum absolute atomic E-state index is 11.6. The van der Waals surface area contributed by atoms with Gasteiger partial charge in [0.15, 0.2) is 4.90 Å². The summed E-state index contributed by atoms with van der Waals surface area (Å²) < 4.78 is 0. The molecule has 0 aliphatic heterocycles. The predicted octanol–water partition coefficient (Wildman–Crippen LogP) is 4.26. The molecule has 0 bridgehead atoms. The topological polar surface area (TPSA) is 20.2 Å². The van der Waals surface area contributed by atoms with Crippen molar-refractivity contribution in [3.63, 3.8) is 0 Å². The fourth-order valence-electron chi connectivity index (χ4n) is 3.74. The Bertz CT molecular complexity index is 434. The number of benzene rings is 1. The highest BCUT2D eigenvalue weighted by molar-refractivity contribution is 7.96. The van der Waals surface area contributed by atoms with Gasteiger partial charge < -0.3 is 5.11 Å². The van der Waals surface area contributed by atoms with Crippen LogP contribution in [-0.2, 0) is 10.9 Å². The van der Waals surface area contributed by atoms with Crippen molar-refractivity contribution in [3.8, 4) is 0 Å². The zero-order chi connectivity index (χ0) is 15.0. The van der Waals surface area contributed by atoms with Gasteiger partial charge in [0.05, 0.1) is 0 Å². The van der Waals surface area contributed by atoms with Crippen LogP contribution in [0.3, 0.4) is 0 Å². The number of hydrogen-bond donors (Lipinski definition) is 1. The highest BCUT2D eigenvalue weighted by atomic mass is 32.2. The Morgan fingerprint density at radius 3 is 2.00 bits per heavy atom. The van der Waals surface area contributed by atoms with Crippen molar-refractivity contribution in [1.82, 2.24) is 0 Å². The summed E-state index contributed by atoms with van der Waals surface area (Å²) in [6, 6.07) is 10.6. The molecule has 0 heterocycles. The van der Waals surface area contributed by atoms with Crippen LogP contribution >= 0.6 is 0 Å². The molecule has 1 nitrogen and oxygen atoms in total. The molecule has 1 aliphatic rings. The molecule has 0 aromatic heterocycles. The first-order valence-electron chi connectivity index (χ1n) is 7.60. The molecule has 0 saturated heterocycles. The minimum atomic E-state index is -0.591. The highest BCUT2D eigenvalue weighted by Crippen LogP contribution is 2.54. The van der Waals surface area contributed by atoms with Crippen LogP contribution < -0.4 is 0 Å². The summed E-state index contributed by atoms with van der Waals surface area (Å²) in [5, 5.41) is 11.6. The Morgan fingerprint density at radius 2 is 1.50 bits per heavy atom. The largest absolute Gasteiger partial charge is 0.384 e. The van der Waals surface area contributed by atoms with Crippen molar-refractivity contribution in [1.29, 1.82) is 0 Å². The smallest absolute Gasteiger partial charge is 0.154 e. The van der Waals surface area contributed by atoms with Crippen molar-refractivity contribution < 1.29 is 5.11 Å². The molecule has 0 amide bonds. The fraction of sp³-hybridized carbons (Fsp3) is 0.667. The molecule has 1 aliphatic carbocycles. The van der Waals surface area contributed by atoms with Crippen molar-refractivity contribution >= 4 is 10.9 Å². The summed E-state index contributed by atoms with van der Waals surface area (Å²) in [4.78, 5) is 1.36. The van der Waals surface area contributed by atoms with Crippen LogP contribution in [0.1, 0.15) is 47.0 Å². The molecule has 2 heteroatoms. The summed E-state index contributed by atoms with van der Waals surface area (Å²) in [6.45, 7) is 8.98. The van der Waals surface area contributed by atoms with Crippen molar-refractivity contribution in [2.75, 3.05) is 12.0 Å². The normalized spacial score (nSPS) is 25.1. The molecule has 1 aromatic rings. The molecule has 1 unspecified atom stereocenters. The molecule has 1 saturated carbocycles. The van der Waals surface area contributed by atoms with E-state index in [0.717, 1.165) is 18.6 Å². The number of aliphatic hydroxyl groups is 1. The molecule has 0 spiro atoms. The second-order valence-corrected chi connectivity index (χ2v) is 9.61. The first-order valence-corrected chi connectivity index (χ1v) is 9.40. The van der Waals surface area contributed by atoms with Crippen LogP contribution in [-0.4, -0.2) is 22.7 Å². The zero-order valence-electron chi connectivity index (χ0n) is 13.6. The summed E-state index contributed by atoms with van der Waals surface area (Å²) in [5.41, 5.74) is -0.610. The van der Waals surface area contributed by atoms with Gasteiger partial charge in [-0.25, -0.2) is 0 Å². The quantitative estimate of drug-likeness (QED) is 0.826.